The third-order valence-corrected chi connectivity index (χ3v) is 3.08. The molecular formula is C13H19N3O. The average Bonchev–Trinajstić information content (AvgIpc) is 2.83. The Kier molecular flexibility index (Phi) is 3.52. The molecule has 1 fully saturated rings. The van der Waals surface area contributed by atoms with Crippen LogP contribution in [-0.4, -0.2) is 25.5 Å². The zero-order chi connectivity index (χ0) is 12.3. The molecule has 0 spiro atoms. The van der Waals surface area contributed by atoms with Crippen molar-refractivity contribution in [3.8, 4) is 0 Å². The van der Waals surface area contributed by atoms with Crippen molar-refractivity contribution in [2.24, 2.45) is 0 Å². The minimum Gasteiger partial charge on any atom is -0.397 e. The summed E-state index contributed by atoms with van der Waals surface area (Å²) in [7, 11) is 0. The van der Waals surface area contributed by atoms with Crippen molar-refractivity contribution in [1.82, 2.24) is 5.32 Å². The van der Waals surface area contributed by atoms with Crippen LogP contribution in [0.5, 0.6) is 0 Å². The van der Waals surface area contributed by atoms with Gasteiger partial charge in [0, 0.05) is 25.2 Å². The molecule has 0 bridgehead atoms. The first-order valence-electron chi connectivity index (χ1n) is 6.15. The van der Waals surface area contributed by atoms with Crippen molar-refractivity contribution in [1.29, 1.82) is 0 Å². The molecule has 4 nitrogen and oxygen atoms in total. The molecule has 1 aromatic rings. The Labute approximate surface area is 102 Å². The van der Waals surface area contributed by atoms with E-state index in [-0.39, 0.29) is 5.91 Å². The molecule has 0 saturated carbocycles. The van der Waals surface area contributed by atoms with E-state index in [1.165, 1.54) is 12.8 Å². The number of benzene rings is 1. The highest BCUT2D eigenvalue weighted by Gasteiger charge is 2.16. The van der Waals surface area contributed by atoms with Gasteiger partial charge in [-0.05, 0) is 38.0 Å². The Balaban J connectivity index is 2.25. The second-order valence-corrected chi connectivity index (χ2v) is 4.33. The number of nitrogens with two attached hydrogens (primary N) is 1. The number of carbonyl (C=O) groups excluding carboxylic acids is 1. The van der Waals surface area contributed by atoms with Crippen LogP contribution < -0.4 is 16.0 Å². The lowest BCUT2D eigenvalue weighted by atomic mass is 10.1. The number of hydrogen-bond donors (Lipinski definition) is 2. The van der Waals surface area contributed by atoms with Crippen LogP contribution in [0.4, 0.5) is 11.4 Å². The van der Waals surface area contributed by atoms with Gasteiger partial charge in [0.05, 0.1) is 11.4 Å². The van der Waals surface area contributed by atoms with Gasteiger partial charge in [0.2, 0.25) is 0 Å². The summed E-state index contributed by atoms with van der Waals surface area (Å²) in [5.74, 6) is -0.0343. The highest BCUT2D eigenvalue weighted by Crippen LogP contribution is 2.27. The monoisotopic (exact) mass is 233 g/mol. The molecule has 0 radical (unpaired) electrons. The molecule has 0 atom stereocenters. The van der Waals surface area contributed by atoms with Gasteiger partial charge >= 0.3 is 0 Å². The molecule has 2 rings (SSSR count). The van der Waals surface area contributed by atoms with Crippen molar-refractivity contribution in [3.05, 3.63) is 23.8 Å². The van der Waals surface area contributed by atoms with E-state index in [9.17, 15) is 4.79 Å². The Morgan fingerprint density at radius 1 is 1.41 bits per heavy atom. The lowest BCUT2D eigenvalue weighted by Crippen LogP contribution is -2.24. The van der Waals surface area contributed by atoms with Gasteiger partial charge in [-0.1, -0.05) is 0 Å². The lowest BCUT2D eigenvalue weighted by molar-refractivity contribution is 0.0956. The van der Waals surface area contributed by atoms with Crippen LogP contribution in [0.15, 0.2) is 18.2 Å². The molecule has 4 heteroatoms. The van der Waals surface area contributed by atoms with Gasteiger partial charge in [-0.15, -0.1) is 0 Å². The fraction of sp³-hybridized carbons (Fsp3) is 0.462. The molecule has 1 heterocycles. The first-order valence-corrected chi connectivity index (χ1v) is 6.15. The zero-order valence-corrected chi connectivity index (χ0v) is 10.2. The largest absolute Gasteiger partial charge is 0.397 e. The minimum atomic E-state index is -0.0343. The molecule has 1 aromatic carbocycles. The number of hydrogen-bond acceptors (Lipinski definition) is 3. The Morgan fingerprint density at radius 3 is 2.76 bits per heavy atom. The van der Waals surface area contributed by atoms with Gasteiger partial charge in [-0.3, -0.25) is 4.79 Å². The molecule has 1 aliphatic heterocycles. The van der Waals surface area contributed by atoms with E-state index in [1.807, 2.05) is 19.1 Å². The molecule has 3 N–H and O–H groups in total. The first-order chi connectivity index (χ1) is 8.22. The van der Waals surface area contributed by atoms with Crippen molar-refractivity contribution in [2.75, 3.05) is 30.3 Å². The molecule has 92 valence electrons. The van der Waals surface area contributed by atoms with Crippen LogP contribution >= 0.6 is 0 Å². The molecule has 0 unspecified atom stereocenters. The maximum absolute atomic E-state index is 11.8. The number of nitrogen functional groups attached to an aromatic ring is 1. The molecule has 1 aliphatic rings. The maximum atomic E-state index is 11.8. The average molecular weight is 233 g/mol. The van der Waals surface area contributed by atoms with E-state index in [1.54, 1.807) is 6.07 Å². The number of carbonyl (C=O) groups is 1. The second kappa shape index (κ2) is 5.08. The summed E-state index contributed by atoms with van der Waals surface area (Å²) in [5.41, 5.74) is 8.40. The third-order valence-electron chi connectivity index (χ3n) is 3.08. The SMILES string of the molecule is CCNC(=O)c1ccc(N)c(N2CCCC2)c1. The maximum Gasteiger partial charge on any atom is 0.251 e. The van der Waals surface area contributed by atoms with Crippen LogP contribution in [-0.2, 0) is 0 Å². The van der Waals surface area contributed by atoms with E-state index < -0.39 is 0 Å². The minimum absolute atomic E-state index is 0.0343. The summed E-state index contributed by atoms with van der Waals surface area (Å²) >= 11 is 0. The van der Waals surface area contributed by atoms with E-state index >= 15 is 0 Å². The summed E-state index contributed by atoms with van der Waals surface area (Å²) in [5, 5.41) is 2.80. The van der Waals surface area contributed by atoms with Crippen LogP contribution in [0.2, 0.25) is 0 Å². The number of amides is 1. The first kappa shape index (κ1) is 11.8. The smallest absolute Gasteiger partial charge is 0.251 e. The van der Waals surface area contributed by atoms with E-state index in [2.05, 4.69) is 10.2 Å². The topological polar surface area (TPSA) is 58.4 Å². The Morgan fingerprint density at radius 2 is 2.12 bits per heavy atom. The quantitative estimate of drug-likeness (QED) is 0.780. The number of nitrogens with zero attached hydrogens (tertiary/aromatic N) is 1. The van der Waals surface area contributed by atoms with Crippen molar-refractivity contribution >= 4 is 17.3 Å². The number of nitrogens with one attached hydrogen (secondary N) is 1. The summed E-state index contributed by atoms with van der Waals surface area (Å²) in [6.07, 6.45) is 2.40. The standard InChI is InChI=1S/C13H19N3O/c1-2-15-13(17)10-5-6-11(14)12(9-10)16-7-3-4-8-16/h5-6,9H,2-4,7-8,14H2,1H3,(H,15,17). The van der Waals surface area contributed by atoms with E-state index in [0.717, 1.165) is 24.5 Å². The van der Waals surface area contributed by atoms with Crippen LogP contribution in [0.3, 0.4) is 0 Å². The fourth-order valence-corrected chi connectivity index (χ4v) is 2.18. The molecule has 1 amide bonds. The van der Waals surface area contributed by atoms with Crippen molar-refractivity contribution in [2.45, 2.75) is 19.8 Å². The lowest BCUT2D eigenvalue weighted by Gasteiger charge is -2.20. The normalized spacial score (nSPS) is 15.0. The van der Waals surface area contributed by atoms with Gasteiger partial charge in [0.1, 0.15) is 0 Å². The van der Waals surface area contributed by atoms with Gasteiger partial charge in [-0.25, -0.2) is 0 Å². The van der Waals surface area contributed by atoms with Crippen LogP contribution in [0, 0.1) is 0 Å². The second-order valence-electron chi connectivity index (χ2n) is 4.33. The summed E-state index contributed by atoms with van der Waals surface area (Å²) in [6, 6.07) is 5.49. The predicted octanol–water partition coefficient (Wildman–Crippen LogP) is 1.62. The van der Waals surface area contributed by atoms with Crippen LogP contribution in [0.1, 0.15) is 30.1 Å². The Hall–Kier alpha value is -1.71. The highest BCUT2D eigenvalue weighted by molar-refractivity contribution is 5.96. The number of anilines is 2. The molecule has 0 aromatic heterocycles. The van der Waals surface area contributed by atoms with Gasteiger partial charge in [0.25, 0.3) is 5.91 Å². The van der Waals surface area contributed by atoms with Crippen molar-refractivity contribution < 1.29 is 4.79 Å². The van der Waals surface area contributed by atoms with Crippen molar-refractivity contribution in [3.63, 3.8) is 0 Å². The molecular weight excluding hydrogens is 214 g/mol. The number of rotatable bonds is 3. The summed E-state index contributed by atoms with van der Waals surface area (Å²) < 4.78 is 0. The van der Waals surface area contributed by atoms with Gasteiger partial charge < -0.3 is 16.0 Å². The summed E-state index contributed by atoms with van der Waals surface area (Å²) in [6.45, 7) is 4.62. The zero-order valence-electron chi connectivity index (χ0n) is 10.2. The van der Waals surface area contributed by atoms with E-state index in [0.29, 0.717) is 12.1 Å². The summed E-state index contributed by atoms with van der Waals surface area (Å²) in [4.78, 5) is 14.0. The van der Waals surface area contributed by atoms with Gasteiger partial charge in [-0.2, -0.15) is 0 Å². The molecule has 1 saturated heterocycles. The highest BCUT2D eigenvalue weighted by atomic mass is 16.1. The van der Waals surface area contributed by atoms with Crippen LogP contribution in [0.25, 0.3) is 0 Å². The molecule has 17 heavy (non-hydrogen) atoms. The van der Waals surface area contributed by atoms with E-state index in [4.69, 9.17) is 5.73 Å². The third kappa shape index (κ3) is 2.52. The van der Waals surface area contributed by atoms with Gasteiger partial charge in [0.15, 0.2) is 0 Å². The molecule has 0 aliphatic carbocycles. The fourth-order valence-electron chi connectivity index (χ4n) is 2.18. The Bertz CT molecular complexity index is 411. The predicted molar refractivity (Wildman–Crippen MR) is 70.3 cm³/mol.